The molecule has 114 valence electrons. The Labute approximate surface area is 127 Å². The van der Waals surface area contributed by atoms with Crippen LogP contribution >= 0.6 is 0 Å². The lowest BCUT2D eigenvalue weighted by Gasteiger charge is -2.34. The number of rotatable bonds is 4. The Morgan fingerprint density at radius 2 is 2.23 bits per heavy atom. The summed E-state index contributed by atoms with van der Waals surface area (Å²) < 4.78 is 5.54. The summed E-state index contributed by atoms with van der Waals surface area (Å²) in [6.45, 7) is 1.21. The summed E-state index contributed by atoms with van der Waals surface area (Å²) in [5, 5.41) is 20.1. The highest BCUT2D eigenvalue weighted by molar-refractivity contribution is 5.88. The van der Waals surface area contributed by atoms with Gasteiger partial charge in [0, 0.05) is 24.6 Å². The van der Waals surface area contributed by atoms with Crippen molar-refractivity contribution >= 4 is 17.2 Å². The minimum Gasteiger partial charge on any atom is -0.367 e. The van der Waals surface area contributed by atoms with E-state index in [9.17, 15) is 20.2 Å². The molecule has 0 amide bonds. The van der Waals surface area contributed by atoms with Gasteiger partial charge in [-0.05, 0) is 18.9 Å². The van der Waals surface area contributed by atoms with Crippen molar-refractivity contribution in [2.24, 2.45) is 5.92 Å². The topological polar surface area (TPSA) is 96.5 Å². The van der Waals surface area contributed by atoms with Gasteiger partial charge < -0.3 is 9.64 Å². The second-order valence-corrected chi connectivity index (χ2v) is 5.55. The number of hydrogen-bond acceptors (Lipinski definition) is 6. The van der Waals surface area contributed by atoms with Crippen molar-refractivity contribution in [3.63, 3.8) is 0 Å². The number of ether oxygens (including phenoxy) is 1. The number of carbonyl (C=O) groups excluding carboxylic acids is 1. The predicted octanol–water partition coefficient (Wildman–Crippen LogP) is 1.65. The highest BCUT2D eigenvalue weighted by Crippen LogP contribution is 2.33. The van der Waals surface area contributed by atoms with E-state index in [0.717, 1.165) is 12.8 Å². The molecular weight excluding hydrogens is 286 g/mol. The number of anilines is 1. The molecule has 1 unspecified atom stereocenters. The van der Waals surface area contributed by atoms with Gasteiger partial charge in [0.05, 0.1) is 29.3 Å². The van der Waals surface area contributed by atoms with E-state index in [-0.39, 0.29) is 17.4 Å². The Hall–Kier alpha value is -2.46. The maximum Gasteiger partial charge on any atom is 0.271 e. The van der Waals surface area contributed by atoms with E-state index in [1.54, 1.807) is 0 Å². The molecule has 1 aromatic carbocycles. The molecule has 1 atom stereocenters. The number of non-ortho nitro benzene ring substituents is 1. The fourth-order valence-corrected chi connectivity index (χ4v) is 2.66. The SMILES string of the molecule is N#Cc1ccc([N+](=O)[O-])cc1N1CCOC(C(=O)C2CC2)C1. The average Bonchev–Trinajstić information content (AvgIpc) is 3.38. The molecule has 7 heteroatoms. The monoisotopic (exact) mass is 301 g/mol. The zero-order chi connectivity index (χ0) is 15.7. The number of nitriles is 1. The van der Waals surface area contributed by atoms with E-state index in [0.29, 0.717) is 30.9 Å². The summed E-state index contributed by atoms with van der Waals surface area (Å²) in [4.78, 5) is 24.4. The van der Waals surface area contributed by atoms with E-state index >= 15 is 0 Å². The van der Waals surface area contributed by atoms with Gasteiger partial charge in [-0.3, -0.25) is 14.9 Å². The lowest BCUT2D eigenvalue weighted by molar-refractivity contribution is -0.384. The molecule has 2 fully saturated rings. The largest absolute Gasteiger partial charge is 0.367 e. The van der Waals surface area contributed by atoms with E-state index < -0.39 is 11.0 Å². The lowest BCUT2D eigenvalue weighted by Crippen LogP contribution is -2.47. The lowest BCUT2D eigenvalue weighted by atomic mass is 10.1. The van der Waals surface area contributed by atoms with Crippen LogP contribution in [0.1, 0.15) is 18.4 Å². The van der Waals surface area contributed by atoms with Crippen molar-refractivity contribution in [1.29, 1.82) is 5.26 Å². The van der Waals surface area contributed by atoms with E-state index in [4.69, 9.17) is 4.74 Å². The van der Waals surface area contributed by atoms with Crippen LogP contribution in [0.5, 0.6) is 0 Å². The maximum absolute atomic E-state index is 12.1. The van der Waals surface area contributed by atoms with Gasteiger partial charge in [-0.25, -0.2) is 0 Å². The van der Waals surface area contributed by atoms with Crippen LogP contribution in [0.3, 0.4) is 0 Å². The molecule has 1 aliphatic heterocycles. The van der Waals surface area contributed by atoms with Crippen LogP contribution in [0.15, 0.2) is 18.2 Å². The Balaban J connectivity index is 1.85. The molecule has 0 N–H and O–H groups in total. The minimum absolute atomic E-state index is 0.0643. The first-order valence-electron chi connectivity index (χ1n) is 7.19. The number of nitro groups is 1. The van der Waals surface area contributed by atoms with Gasteiger partial charge in [0.2, 0.25) is 0 Å². The fraction of sp³-hybridized carbons (Fsp3) is 0.467. The first kappa shape index (κ1) is 14.5. The van der Waals surface area contributed by atoms with Crippen LogP contribution in [0, 0.1) is 27.4 Å². The molecule has 1 aromatic rings. The fourth-order valence-electron chi connectivity index (χ4n) is 2.66. The molecule has 1 aliphatic carbocycles. The van der Waals surface area contributed by atoms with Gasteiger partial charge >= 0.3 is 0 Å². The summed E-state index contributed by atoms with van der Waals surface area (Å²) in [5.74, 6) is 0.208. The van der Waals surface area contributed by atoms with Gasteiger partial charge in [-0.15, -0.1) is 0 Å². The van der Waals surface area contributed by atoms with Crippen molar-refractivity contribution in [2.45, 2.75) is 18.9 Å². The van der Waals surface area contributed by atoms with Gasteiger partial charge in [-0.1, -0.05) is 0 Å². The average molecular weight is 301 g/mol. The molecule has 7 nitrogen and oxygen atoms in total. The van der Waals surface area contributed by atoms with Gasteiger partial charge in [-0.2, -0.15) is 5.26 Å². The molecular formula is C15H15N3O4. The molecule has 0 aromatic heterocycles. The number of hydrogen-bond donors (Lipinski definition) is 0. The van der Waals surface area contributed by atoms with Crippen LogP contribution in [-0.2, 0) is 9.53 Å². The van der Waals surface area contributed by atoms with Gasteiger partial charge in [0.15, 0.2) is 5.78 Å². The van der Waals surface area contributed by atoms with Crippen molar-refractivity contribution in [1.82, 2.24) is 0 Å². The van der Waals surface area contributed by atoms with Crippen LogP contribution in [0.25, 0.3) is 0 Å². The normalized spacial score (nSPS) is 21.2. The zero-order valence-corrected chi connectivity index (χ0v) is 11.9. The third-order valence-corrected chi connectivity index (χ3v) is 4.02. The van der Waals surface area contributed by atoms with E-state index in [2.05, 4.69) is 0 Å². The Bertz CT molecular complexity index is 663. The quantitative estimate of drug-likeness (QED) is 0.619. The van der Waals surface area contributed by atoms with Crippen LogP contribution in [-0.4, -0.2) is 36.5 Å². The molecule has 2 aliphatic rings. The number of Topliss-reactive ketones (excluding diaryl/α,β-unsaturated/α-hetero) is 1. The second-order valence-electron chi connectivity index (χ2n) is 5.55. The minimum atomic E-state index is -0.507. The van der Waals surface area contributed by atoms with Crippen LogP contribution < -0.4 is 4.90 Å². The summed E-state index contributed by atoms with van der Waals surface area (Å²) in [6, 6.07) is 6.20. The number of nitro benzene ring substituents is 1. The maximum atomic E-state index is 12.1. The standard InChI is InChI=1S/C15H15N3O4/c16-8-11-3-4-12(18(20)21)7-13(11)17-5-6-22-14(9-17)15(19)10-1-2-10/h3-4,7,10,14H,1-2,5-6,9H2. The first-order valence-corrected chi connectivity index (χ1v) is 7.19. The smallest absolute Gasteiger partial charge is 0.271 e. The molecule has 3 rings (SSSR count). The van der Waals surface area contributed by atoms with Crippen molar-refractivity contribution in [3.8, 4) is 6.07 Å². The molecule has 22 heavy (non-hydrogen) atoms. The Morgan fingerprint density at radius 1 is 1.45 bits per heavy atom. The predicted molar refractivity (Wildman–Crippen MR) is 77.5 cm³/mol. The zero-order valence-electron chi connectivity index (χ0n) is 11.9. The van der Waals surface area contributed by atoms with Crippen LogP contribution in [0.4, 0.5) is 11.4 Å². The summed E-state index contributed by atoms with van der Waals surface area (Å²) in [5.41, 5.74) is 0.796. The molecule has 0 spiro atoms. The molecule has 0 bridgehead atoms. The van der Waals surface area contributed by atoms with E-state index in [1.165, 1.54) is 18.2 Å². The Morgan fingerprint density at radius 3 is 2.86 bits per heavy atom. The first-order chi connectivity index (χ1) is 10.6. The molecule has 1 heterocycles. The Kier molecular flexibility index (Phi) is 3.77. The number of nitrogens with zero attached hydrogens (tertiary/aromatic N) is 3. The molecule has 1 saturated carbocycles. The summed E-state index contributed by atoms with van der Waals surface area (Å²) >= 11 is 0. The number of carbonyl (C=O) groups is 1. The molecule has 1 saturated heterocycles. The second kappa shape index (κ2) is 5.73. The van der Waals surface area contributed by atoms with Crippen molar-refractivity contribution in [3.05, 3.63) is 33.9 Å². The highest BCUT2D eigenvalue weighted by atomic mass is 16.6. The number of benzene rings is 1. The third kappa shape index (κ3) is 2.78. The molecule has 0 radical (unpaired) electrons. The highest BCUT2D eigenvalue weighted by Gasteiger charge is 2.38. The summed E-state index contributed by atoms with van der Waals surface area (Å²) in [6.07, 6.45) is 1.32. The van der Waals surface area contributed by atoms with Crippen molar-refractivity contribution in [2.75, 3.05) is 24.6 Å². The van der Waals surface area contributed by atoms with Gasteiger partial charge in [0.25, 0.3) is 5.69 Å². The van der Waals surface area contributed by atoms with Crippen LogP contribution in [0.2, 0.25) is 0 Å². The van der Waals surface area contributed by atoms with Gasteiger partial charge in [0.1, 0.15) is 12.2 Å². The van der Waals surface area contributed by atoms with Crippen molar-refractivity contribution < 1.29 is 14.5 Å². The number of ketones is 1. The third-order valence-electron chi connectivity index (χ3n) is 4.02. The van der Waals surface area contributed by atoms with E-state index in [1.807, 2.05) is 11.0 Å². The summed E-state index contributed by atoms with van der Waals surface area (Å²) in [7, 11) is 0. The number of morpholine rings is 1.